The first-order valence-corrected chi connectivity index (χ1v) is 5.92. The summed E-state index contributed by atoms with van der Waals surface area (Å²) in [5.41, 5.74) is 5.23. The van der Waals surface area contributed by atoms with E-state index in [1.165, 1.54) is 6.07 Å². The minimum Gasteiger partial charge on any atom is -0.478 e. The van der Waals surface area contributed by atoms with Crippen LogP contribution in [0.1, 0.15) is 6.42 Å². The van der Waals surface area contributed by atoms with Crippen molar-refractivity contribution < 1.29 is 28.6 Å². The quantitative estimate of drug-likeness (QED) is 0.623. The summed E-state index contributed by atoms with van der Waals surface area (Å²) in [5, 5.41) is 12.9. The van der Waals surface area contributed by atoms with Crippen LogP contribution in [0.15, 0.2) is 18.2 Å². The Morgan fingerprint density at radius 3 is 2.86 bits per heavy atom. The fourth-order valence-corrected chi connectivity index (χ4v) is 1.89. The molecule has 9 heteroatoms. The van der Waals surface area contributed by atoms with Gasteiger partial charge in [-0.05, 0) is 12.1 Å². The Balaban J connectivity index is 2.14. The lowest BCUT2D eigenvalue weighted by Gasteiger charge is -2.27. The summed E-state index contributed by atoms with van der Waals surface area (Å²) < 4.78 is 18.4. The molecule has 2 atom stereocenters. The van der Waals surface area contributed by atoms with E-state index in [0.29, 0.717) is 0 Å². The lowest BCUT2D eigenvalue weighted by Crippen LogP contribution is -2.49. The van der Waals surface area contributed by atoms with Crippen LogP contribution in [-0.4, -0.2) is 35.2 Å². The fourth-order valence-electron chi connectivity index (χ4n) is 1.89. The van der Waals surface area contributed by atoms with Crippen molar-refractivity contribution in [2.75, 3.05) is 5.32 Å². The summed E-state index contributed by atoms with van der Waals surface area (Å²) in [4.78, 5) is 33.6. The third-order valence-electron chi connectivity index (χ3n) is 2.85. The van der Waals surface area contributed by atoms with E-state index in [9.17, 15) is 18.8 Å². The summed E-state index contributed by atoms with van der Waals surface area (Å²) >= 11 is 0. The molecule has 0 saturated carbocycles. The second-order valence-electron chi connectivity index (χ2n) is 4.38. The molecular weight excluding hydrogens is 285 g/mol. The molecule has 21 heavy (non-hydrogen) atoms. The van der Waals surface area contributed by atoms with Gasteiger partial charge in [0.1, 0.15) is 17.6 Å². The van der Waals surface area contributed by atoms with E-state index in [2.05, 4.69) is 5.32 Å². The van der Waals surface area contributed by atoms with Gasteiger partial charge >= 0.3 is 6.09 Å². The molecule has 1 aromatic rings. The number of ether oxygens (including phenoxy) is 1. The first-order chi connectivity index (χ1) is 9.86. The average Bonchev–Trinajstić information content (AvgIpc) is 2.38. The Bertz CT molecular complexity index is 607. The van der Waals surface area contributed by atoms with E-state index in [1.54, 1.807) is 0 Å². The number of carboxylic acid groups (broad SMARTS) is 1. The Labute approximate surface area is 118 Å². The minimum atomic E-state index is -1.45. The number of carbonyl (C=O) groups is 3. The minimum absolute atomic E-state index is 0.165. The van der Waals surface area contributed by atoms with Crippen LogP contribution in [0.5, 0.6) is 5.75 Å². The summed E-state index contributed by atoms with van der Waals surface area (Å²) in [6.45, 7) is 0. The van der Waals surface area contributed by atoms with E-state index in [-0.39, 0.29) is 17.9 Å². The topological polar surface area (TPSA) is 131 Å². The number of amides is 3. The molecule has 0 fully saturated rings. The Hall–Kier alpha value is -2.84. The highest BCUT2D eigenvalue weighted by Crippen LogP contribution is 2.31. The van der Waals surface area contributed by atoms with Crippen molar-refractivity contribution in [2.45, 2.75) is 18.6 Å². The molecule has 0 aliphatic carbocycles. The van der Waals surface area contributed by atoms with Crippen LogP contribution < -0.4 is 21.1 Å². The third kappa shape index (κ3) is 3.38. The van der Waals surface area contributed by atoms with Crippen molar-refractivity contribution in [3.05, 3.63) is 24.0 Å². The maximum absolute atomic E-state index is 13.0. The zero-order valence-corrected chi connectivity index (χ0v) is 10.6. The van der Waals surface area contributed by atoms with Crippen molar-refractivity contribution in [1.29, 1.82) is 0 Å². The number of fused-ring (bicyclic) bond motifs is 1. The third-order valence-corrected chi connectivity index (χ3v) is 2.85. The molecule has 0 aromatic heterocycles. The van der Waals surface area contributed by atoms with Gasteiger partial charge in [-0.25, -0.2) is 9.18 Å². The zero-order chi connectivity index (χ0) is 15.6. The monoisotopic (exact) mass is 297 g/mol. The maximum atomic E-state index is 13.0. The van der Waals surface area contributed by atoms with Gasteiger partial charge in [0, 0.05) is 12.5 Å². The number of nitrogens with one attached hydrogen (secondary N) is 2. The average molecular weight is 297 g/mol. The van der Waals surface area contributed by atoms with Crippen LogP contribution in [0.2, 0.25) is 0 Å². The maximum Gasteiger partial charge on any atom is 0.405 e. The zero-order valence-electron chi connectivity index (χ0n) is 10.6. The standard InChI is InChI=1S/C12H12FN3O5/c13-5-1-2-8-6(3-5)15-11(18)9(21-8)4-7(10(14)17)16-12(19)20/h1-3,7,9,16H,4H2,(H2,14,17)(H,15,18)(H,19,20). The number of nitrogens with two attached hydrogens (primary N) is 1. The number of carbonyl (C=O) groups excluding carboxylic acids is 2. The number of rotatable bonds is 4. The summed E-state index contributed by atoms with van der Waals surface area (Å²) in [7, 11) is 0. The second-order valence-corrected chi connectivity index (χ2v) is 4.38. The predicted octanol–water partition coefficient (Wildman–Crippen LogP) is 0.0368. The highest BCUT2D eigenvalue weighted by molar-refractivity contribution is 5.98. The van der Waals surface area contributed by atoms with Gasteiger partial charge in [-0.3, -0.25) is 9.59 Å². The molecule has 0 spiro atoms. The first-order valence-electron chi connectivity index (χ1n) is 5.92. The number of hydrogen-bond acceptors (Lipinski definition) is 4. The molecule has 2 unspecified atom stereocenters. The lowest BCUT2D eigenvalue weighted by atomic mass is 10.1. The smallest absolute Gasteiger partial charge is 0.405 e. The van der Waals surface area contributed by atoms with E-state index < -0.39 is 35.9 Å². The number of anilines is 1. The van der Waals surface area contributed by atoms with E-state index in [0.717, 1.165) is 12.1 Å². The van der Waals surface area contributed by atoms with E-state index >= 15 is 0 Å². The van der Waals surface area contributed by atoms with Crippen molar-refractivity contribution in [1.82, 2.24) is 5.32 Å². The Morgan fingerprint density at radius 2 is 2.24 bits per heavy atom. The lowest BCUT2D eigenvalue weighted by molar-refractivity contribution is -0.125. The van der Waals surface area contributed by atoms with Gasteiger partial charge in [-0.2, -0.15) is 0 Å². The normalized spacial score (nSPS) is 18.0. The largest absolute Gasteiger partial charge is 0.478 e. The molecule has 1 heterocycles. The highest BCUT2D eigenvalue weighted by Gasteiger charge is 2.32. The van der Waals surface area contributed by atoms with Crippen molar-refractivity contribution >= 4 is 23.6 Å². The molecule has 5 N–H and O–H groups in total. The van der Waals surface area contributed by atoms with Crippen molar-refractivity contribution in [3.63, 3.8) is 0 Å². The second kappa shape index (κ2) is 5.65. The molecule has 2 rings (SSSR count). The molecule has 112 valence electrons. The van der Waals surface area contributed by atoms with Gasteiger partial charge in [-0.15, -0.1) is 0 Å². The molecule has 0 radical (unpaired) electrons. The van der Waals surface area contributed by atoms with Crippen LogP contribution in [0, 0.1) is 5.82 Å². The van der Waals surface area contributed by atoms with Crippen LogP contribution in [-0.2, 0) is 9.59 Å². The Morgan fingerprint density at radius 1 is 1.52 bits per heavy atom. The van der Waals surface area contributed by atoms with E-state index in [4.69, 9.17) is 15.6 Å². The molecule has 1 aliphatic rings. The van der Waals surface area contributed by atoms with Crippen LogP contribution in [0.25, 0.3) is 0 Å². The molecule has 3 amide bonds. The van der Waals surface area contributed by atoms with Crippen molar-refractivity contribution in [2.24, 2.45) is 5.73 Å². The van der Waals surface area contributed by atoms with E-state index in [1.807, 2.05) is 5.32 Å². The molecule has 1 aromatic carbocycles. The number of hydrogen-bond donors (Lipinski definition) is 4. The van der Waals surface area contributed by atoms with Gasteiger partial charge in [0.2, 0.25) is 5.91 Å². The Kier molecular flexibility index (Phi) is 3.92. The molecular formula is C12H12FN3O5. The SMILES string of the molecule is NC(=O)C(CC1Oc2ccc(F)cc2NC1=O)NC(=O)O. The van der Waals surface area contributed by atoms with Gasteiger partial charge in [0.15, 0.2) is 6.10 Å². The number of halogens is 1. The van der Waals surface area contributed by atoms with Crippen LogP contribution in [0.3, 0.4) is 0 Å². The molecule has 8 nitrogen and oxygen atoms in total. The summed E-state index contributed by atoms with van der Waals surface area (Å²) in [6, 6.07) is 2.28. The van der Waals surface area contributed by atoms with Crippen molar-refractivity contribution in [3.8, 4) is 5.75 Å². The van der Waals surface area contributed by atoms with Gasteiger partial charge in [-0.1, -0.05) is 0 Å². The fraction of sp³-hybridized carbons (Fsp3) is 0.250. The number of primary amides is 1. The summed E-state index contributed by atoms with van der Waals surface area (Å²) in [5.74, 6) is -1.87. The molecule has 0 bridgehead atoms. The summed E-state index contributed by atoms with van der Waals surface area (Å²) in [6.07, 6.45) is -2.84. The number of benzene rings is 1. The van der Waals surface area contributed by atoms with Crippen LogP contribution in [0.4, 0.5) is 14.9 Å². The molecule has 0 saturated heterocycles. The molecule has 1 aliphatic heterocycles. The predicted molar refractivity (Wildman–Crippen MR) is 68.2 cm³/mol. The first kappa shape index (κ1) is 14.6. The van der Waals surface area contributed by atoms with Gasteiger partial charge < -0.3 is 26.2 Å². The van der Waals surface area contributed by atoms with Crippen LogP contribution >= 0.6 is 0 Å². The highest BCUT2D eigenvalue weighted by atomic mass is 19.1. The van der Waals surface area contributed by atoms with Gasteiger partial charge in [0.25, 0.3) is 5.91 Å². The van der Waals surface area contributed by atoms with Gasteiger partial charge in [0.05, 0.1) is 5.69 Å².